The maximum Gasteiger partial charge on any atom is 0.271 e. The van der Waals surface area contributed by atoms with Crippen LogP contribution in [0.2, 0.25) is 5.02 Å². The summed E-state index contributed by atoms with van der Waals surface area (Å²) < 4.78 is 0. The van der Waals surface area contributed by atoms with Crippen LogP contribution in [-0.2, 0) is 0 Å². The predicted molar refractivity (Wildman–Crippen MR) is 77.2 cm³/mol. The Bertz CT molecular complexity index is 464. The van der Waals surface area contributed by atoms with Gasteiger partial charge in [0.25, 0.3) is 5.91 Å². The second-order valence-corrected chi connectivity index (χ2v) is 5.51. The van der Waals surface area contributed by atoms with Crippen LogP contribution in [0.25, 0.3) is 0 Å². The Balaban J connectivity index is 2.09. The summed E-state index contributed by atoms with van der Waals surface area (Å²) in [5.41, 5.74) is 5.83. The van der Waals surface area contributed by atoms with E-state index in [-0.39, 0.29) is 17.6 Å². The first kappa shape index (κ1) is 14.1. The number of halogens is 1. The zero-order valence-electron chi connectivity index (χ0n) is 11.2. The van der Waals surface area contributed by atoms with Crippen LogP contribution < -0.4 is 11.1 Å². The van der Waals surface area contributed by atoms with Crippen LogP contribution in [0, 0.1) is 5.92 Å². The molecule has 0 aliphatic heterocycles. The third kappa shape index (κ3) is 3.38. The van der Waals surface area contributed by atoms with E-state index in [1.54, 1.807) is 12.1 Å². The zero-order valence-corrected chi connectivity index (χ0v) is 11.9. The van der Waals surface area contributed by atoms with E-state index in [1.807, 2.05) is 0 Å². The number of hydrogen-bond donors (Lipinski definition) is 2. The molecule has 2 rings (SSSR count). The molecule has 5 heteroatoms. The molecule has 2 unspecified atom stereocenters. The summed E-state index contributed by atoms with van der Waals surface area (Å²) in [5, 5.41) is 3.41. The van der Waals surface area contributed by atoms with Crippen molar-refractivity contribution in [1.29, 1.82) is 0 Å². The molecule has 2 atom stereocenters. The van der Waals surface area contributed by atoms with Crippen molar-refractivity contribution in [3.63, 3.8) is 0 Å². The van der Waals surface area contributed by atoms with Crippen molar-refractivity contribution in [1.82, 2.24) is 10.3 Å². The Morgan fingerprint density at radius 2 is 2.21 bits per heavy atom. The lowest BCUT2D eigenvalue weighted by molar-refractivity contribution is 0.0900. The SMILES string of the molecule is CCC1CCCCC1NC(=O)c1nc(N)ccc1Cl. The fraction of sp³-hybridized carbons (Fsp3) is 0.571. The lowest BCUT2D eigenvalue weighted by Crippen LogP contribution is -2.42. The summed E-state index contributed by atoms with van der Waals surface area (Å²) in [7, 11) is 0. The molecule has 1 saturated carbocycles. The van der Waals surface area contributed by atoms with Crippen molar-refractivity contribution in [3.05, 3.63) is 22.8 Å². The number of anilines is 1. The van der Waals surface area contributed by atoms with Gasteiger partial charge in [-0.25, -0.2) is 4.98 Å². The van der Waals surface area contributed by atoms with E-state index in [4.69, 9.17) is 17.3 Å². The number of pyridine rings is 1. The van der Waals surface area contributed by atoms with Gasteiger partial charge in [0, 0.05) is 6.04 Å². The minimum atomic E-state index is -0.220. The van der Waals surface area contributed by atoms with Gasteiger partial charge in [0.2, 0.25) is 0 Å². The molecular weight excluding hydrogens is 262 g/mol. The van der Waals surface area contributed by atoms with Gasteiger partial charge in [0.05, 0.1) is 5.02 Å². The normalized spacial score (nSPS) is 23.1. The van der Waals surface area contributed by atoms with Crippen LogP contribution in [0.4, 0.5) is 5.82 Å². The number of nitrogen functional groups attached to an aromatic ring is 1. The molecule has 0 saturated heterocycles. The number of hydrogen-bond acceptors (Lipinski definition) is 3. The van der Waals surface area contributed by atoms with E-state index in [0.717, 1.165) is 12.8 Å². The molecule has 1 aromatic rings. The fourth-order valence-electron chi connectivity index (χ4n) is 2.74. The van der Waals surface area contributed by atoms with Crippen LogP contribution in [0.15, 0.2) is 12.1 Å². The van der Waals surface area contributed by atoms with Crippen LogP contribution >= 0.6 is 11.6 Å². The maximum atomic E-state index is 12.2. The summed E-state index contributed by atoms with van der Waals surface area (Å²) in [6, 6.07) is 3.43. The number of nitrogens with zero attached hydrogens (tertiary/aromatic N) is 1. The van der Waals surface area contributed by atoms with Crippen molar-refractivity contribution in [2.24, 2.45) is 5.92 Å². The largest absolute Gasteiger partial charge is 0.384 e. The van der Waals surface area contributed by atoms with E-state index in [0.29, 0.717) is 16.8 Å². The van der Waals surface area contributed by atoms with Gasteiger partial charge in [-0.15, -0.1) is 0 Å². The van der Waals surface area contributed by atoms with Crippen molar-refractivity contribution >= 4 is 23.3 Å². The summed E-state index contributed by atoms with van der Waals surface area (Å²) in [4.78, 5) is 16.3. The molecule has 19 heavy (non-hydrogen) atoms. The molecule has 4 nitrogen and oxygen atoms in total. The second kappa shape index (κ2) is 6.24. The number of amides is 1. The lowest BCUT2D eigenvalue weighted by Gasteiger charge is -2.31. The standard InChI is InChI=1S/C14H20ClN3O/c1-2-9-5-3-4-6-11(9)17-14(19)13-10(15)7-8-12(16)18-13/h7-9,11H,2-6H2,1H3,(H2,16,18)(H,17,19). The number of carbonyl (C=O) groups excluding carboxylic acids is 1. The van der Waals surface area contributed by atoms with Gasteiger partial charge in [-0.3, -0.25) is 4.79 Å². The van der Waals surface area contributed by atoms with Crippen molar-refractivity contribution in [2.75, 3.05) is 5.73 Å². The molecule has 1 heterocycles. The van der Waals surface area contributed by atoms with Gasteiger partial charge >= 0.3 is 0 Å². The molecular formula is C14H20ClN3O. The molecule has 0 aromatic carbocycles. The minimum Gasteiger partial charge on any atom is -0.384 e. The van der Waals surface area contributed by atoms with Crippen molar-refractivity contribution in [3.8, 4) is 0 Å². The first-order valence-electron chi connectivity index (χ1n) is 6.84. The third-order valence-electron chi connectivity index (χ3n) is 3.83. The molecule has 0 spiro atoms. The van der Waals surface area contributed by atoms with Gasteiger partial charge in [-0.2, -0.15) is 0 Å². The van der Waals surface area contributed by atoms with Crippen LogP contribution in [0.1, 0.15) is 49.5 Å². The van der Waals surface area contributed by atoms with Gasteiger partial charge in [-0.1, -0.05) is 37.8 Å². The second-order valence-electron chi connectivity index (χ2n) is 5.10. The van der Waals surface area contributed by atoms with Crippen molar-refractivity contribution < 1.29 is 4.79 Å². The molecule has 1 amide bonds. The van der Waals surface area contributed by atoms with E-state index in [9.17, 15) is 4.79 Å². The molecule has 1 aliphatic rings. The maximum absolute atomic E-state index is 12.2. The molecule has 1 fully saturated rings. The number of nitrogens with two attached hydrogens (primary N) is 1. The number of rotatable bonds is 3. The zero-order chi connectivity index (χ0) is 13.8. The number of nitrogens with one attached hydrogen (secondary N) is 1. The average Bonchev–Trinajstić information content (AvgIpc) is 2.42. The quantitative estimate of drug-likeness (QED) is 0.895. The fourth-order valence-corrected chi connectivity index (χ4v) is 2.93. The Hall–Kier alpha value is -1.29. The first-order chi connectivity index (χ1) is 9.11. The van der Waals surface area contributed by atoms with E-state index < -0.39 is 0 Å². The highest BCUT2D eigenvalue weighted by atomic mass is 35.5. The molecule has 3 N–H and O–H groups in total. The summed E-state index contributed by atoms with van der Waals surface area (Å²) in [6.07, 6.45) is 5.72. The Kier molecular flexibility index (Phi) is 4.64. The molecule has 1 aliphatic carbocycles. The number of carbonyl (C=O) groups is 1. The lowest BCUT2D eigenvalue weighted by atomic mass is 9.83. The van der Waals surface area contributed by atoms with E-state index in [1.165, 1.54) is 19.3 Å². The summed E-state index contributed by atoms with van der Waals surface area (Å²) in [6.45, 7) is 2.17. The Morgan fingerprint density at radius 3 is 2.95 bits per heavy atom. The molecule has 104 valence electrons. The summed E-state index contributed by atoms with van der Waals surface area (Å²) >= 11 is 6.00. The first-order valence-corrected chi connectivity index (χ1v) is 7.22. The molecule has 0 bridgehead atoms. The smallest absolute Gasteiger partial charge is 0.271 e. The monoisotopic (exact) mass is 281 g/mol. The highest BCUT2D eigenvalue weighted by Gasteiger charge is 2.26. The van der Waals surface area contributed by atoms with Crippen LogP contribution in [0.3, 0.4) is 0 Å². The van der Waals surface area contributed by atoms with Gasteiger partial charge in [0.1, 0.15) is 11.5 Å². The molecule has 1 aromatic heterocycles. The predicted octanol–water partition coefficient (Wildman–Crippen LogP) is 3.02. The van der Waals surface area contributed by atoms with Crippen molar-refractivity contribution in [2.45, 2.75) is 45.1 Å². The topological polar surface area (TPSA) is 68.0 Å². The minimum absolute atomic E-state index is 0.220. The highest BCUT2D eigenvalue weighted by molar-refractivity contribution is 6.33. The third-order valence-corrected chi connectivity index (χ3v) is 4.14. The van der Waals surface area contributed by atoms with Crippen LogP contribution in [-0.4, -0.2) is 16.9 Å². The summed E-state index contributed by atoms with van der Waals surface area (Å²) in [5.74, 6) is 0.644. The Morgan fingerprint density at radius 1 is 1.47 bits per heavy atom. The van der Waals surface area contributed by atoms with Crippen LogP contribution in [0.5, 0.6) is 0 Å². The van der Waals surface area contributed by atoms with Gasteiger partial charge in [0.15, 0.2) is 0 Å². The van der Waals surface area contributed by atoms with E-state index in [2.05, 4.69) is 17.2 Å². The van der Waals surface area contributed by atoms with Gasteiger partial charge in [-0.05, 0) is 30.9 Å². The molecule has 0 radical (unpaired) electrons. The van der Waals surface area contributed by atoms with E-state index >= 15 is 0 Å². The van der Waals surface area contributed by atoms with Gasteiger partial charge < -0.3 is 11.1 Å². The average molecular weight is 282 g/mol. The highest BCUT2D eigenvalue weighted by Crippen LogP contribution is 2.27. The number of aromatic nitrogens is 1. The Labute approximate surface area is 118 Å².